The maximum Gasteiger partial charge on any atom is 0.244 e. The van der Waals surface area contributed by atoms with Crippen LogP contribution < -0.4 is 9.57 Å². The van der Waals surface area contributed by atoms with Crippen molar-refractivity contribution in [2.45, 2.75) is 0 Å². The van der Waals surface area contributed by atoms with Gasteiger partial charge in [-0.05, 0) is 18.2 Å². The number of nitrogens with one attached hydrogen (secondary N) is 1. The summed E-state index contributed by atoms with van der Waals surface area (Å²) in [7, 11) is -1.90. The Morgan fingerprint density at radius 1 is 1.50 bits per heavy atom. The van der Waals surface area contributed by atoms with Crippen LogP contribution in [-0.4, -0.2) is 33.1 Å². The molecule has 0 atom stereocenters. The Labute approximate surface area is 93.6 Å². The van der Waals surface area contributed by atoms with Crippen molar-refractivity contribution in [3.05, 3.63) is 23.8 Å². The van der Waals surface area contributed by atoms with Crippen molar-refractivity contribution in [2.24, 2.45) is 5.10 Å². The van der Waals surface area contributed by atoms with E-state index in [1.165, 1.54) is 25.5 Å². The molecular weight excluding hydrogens is 232 g/mol. The zero-order valence-corrected chi connectivity index (χ0v) is 9.65. The molecule has 0 aliphatic rings. The number of sulfonamides is 1. The molecule has 0 saturated carbocycles. The van der Waals surface area contributed by atoms with Gasteiger partial charge in [0.2, 0.25) is 10.0 Å². The summed E-state index contributed by atoms with van der Waals surface area (Å²) in [6.07, 6.45) is 2.18. The minimum Gasteiger partial charge on any atom is -0.507 e. The second-order valence-corrected chi connectivity index (χ2v) is 4.77. The maximum absolute atomic E-state index is 10.7. The molecule has 7 heteroatoms. The molecule has 0 fully saturated rings. The van der Waals surface area contributed by atoms with Crippen LogP contribution in [-0.2, 0) is 10.0 Å². The molecule has 0 aliphatic carbocycles. The zero-order chi connectivity index (χ0) is 12.2. The third kappa shape index (κ3) is 3.77. The number of methoxy groups -OCH3 is 1. The summed E-state index contributed by atoms with van der Waals surface area (Å²) in [6.45, 7) is 0. The topological polar surface area (TPSA) is 88.0 Å². The highest BCUT2D eigenvalue weighted by atomic mass is 32.2. The highest BCUT2D eigenvalue weighted by Crippen LogP contribution is 2.20. The molecule has 0 spiro atoms. The quantitative estimate of drug-likeness (QED) is 0.588. The van der Waals surface area contributed by atoms with Gasteiger partial charge in [-0.1, -0.05) is 0 Å². The molecule has 0 radical (unpaired) electrons. The van der Waals surface area contributed by atoms with Crippen LogP contribution in [0.1, 0.15) is 5.56 Å². The van der Waals surface area contributed by atoms with Crippen molar-refractivity contribution in [3.63, 3.8) is 0 Å². The fourth-order valence-electron chi connectivity index (χ4n) is 0.955. The zero-order valence-electron chi connectivity index (χ0n) is 8.84. The van der Waals surface area contributed by atoms with Crippen molar-refractivity contribution in [2.75, 3.05) is 13.4 Å². The third-order valence-corrected chi connectivity index (χ3v) is 2.09. The SMILES string of the molecule is COc1ccc(O)c(/C=N/NS(C)(=O)=O)c1. The lowest BCUT2D eigenvalue weighted by Gasteiger charge is -2.02. The largest absolute Gasteiger partial charge is 0.507 e. The van der Waals surface area contributed by atoms with Crippen molar-refractivity contribution in [3.8, 4) is 11.5 Å². The first kappa shape index (κ1) is 12.3. The molecule has 1 rings (SSSR count). The Morgan fingerprint density at radius 3 is 2.75 bits per heavy atom. The number of hydrogen-bond acceptors (Lipinski definition) is 5. The summed E-state index contributed by atoms with van der Waals surface area (Å²) in [5, 5.41) is 12.9. The lowest BCUT2D eigenvalue weighted by molar-refractivity contribution is 0.412. The van der Waals surface area contributed by atoms with Crippen LogP contribution >= 0.6 is 0 Å². The van der Waals surface area contributed by atoms with Crippen LogP contribution in [0.4, 0.5) is 0 Å². The Hall–Kier alpha value is -1.76. The van der Waals surface area contributed by atoms with E-state index in [-0.39, 0.29) is 5.75 Å². The second kappa shape index (κ2) is 4.84. The van der Waals surface area contributed by atoms with Gasteiger partial charge < -0.3 is 9.84 Å². The van der Waals surface area contributed by atoms with Crippen LogP contribution in [0.15, 0.2) is 23.3 Å². The van der Waals surface area contributed by atoms with E-state index in [9.17, 15) is 13.5 Å². The van der Waals surface area contributed by atoms with Gasteiger partial charge in [0.05, 0.1) is 19.6 Å². The number of hydrogen-bond donors (Lipinski definition) is 2. The first-order chi connectivity index (χ1) is 7.42. The third-order valence-electron chi connectivity index (χ3n) is 1.66. The van der Waals surface area contributed by atoms with E-state index in [1.54, 1.807) is 6.07 Å². The molecule has 6 nitrogen and oxygen atoms in total. The Bertz CT molecular complexity index is 496. The number of rotatable bonds is 4. The van der Waals surface area contributed by atoms with Gasteiger partial charge >= 0.3 is 0 Å². The number of phenols is 1. The number of benzene rings is 1. The molecule has 0 bridgehead atoms. The summed E-state index contributed by atoms with van der Waals surface area (Å²) < 4.78 is 26.4. The Morgan fingerprint density at radius 2 is 2.19 bits per heavy atom. The van der Waals surface area contributed by atoms with Crippen molar-refractivity contribution in [1.82, 2.24) is 4.83 Å². The van der Waals surface area contributed by atoms with Crippen molar-refractivity contribution < 1.29 is 18.3 Å². The van der Waals surface area contributed by atoms with E-state index >= 15 is 0 Å². The Balaban J connectivity index is 2.88. The van der Waals surface area contributed by atoms with E-state index in [0.717, 1.165) is 6.26 Å². The summed E-state index contributed by atoms with van der Waals surface area (Å²) >= 11 is 0. The molecule has 0 unspecified atom stereocenters. The van der Waals surface area contributed by atoms with E-state index in [0.29, 0.717) is 11.3 Å². The van der Waals surface area contributed by atoms with Crippen LogP contribution in [0.25, 0.3) is 0 Å². The van der Waals surface area contributed by atoms with Crippen LogP contribution in [0, 0.1) is 0 Å². The standard InChI is InChI=1S/C9H12N2O4S/c1-15-8-3-4-9(12)7(5-8)6-10-11-16(2,13)14/h3-6,11-12H,1-2H3/b10-6+. The molecule has 16 heavy (non-hydrogen) atoms. The van der Waals surface area contributed by atoms with Crippen LogP contribution in [0.5, 0.6) is 11.5 Å². The lowest BCUT2D eigenvalue weighted by atomic mass is 10.2. The van der Waals surface area contributed by atoms with E-state index in [1.807, 2.05) is 4.83 Å². The van der Waals surface area contributed by atoms with Gasteiger partial charge in [-0.15, -0.1) is 0 Å². The van der Waals surface area contributed by atoms with Gasteiger partial charge in [0.15, 0.2) is 0 Å². The lowest BCUT2D eigenvalue weighted by Crippen LogP contribution is -2.15. The molecule has 0 amide bonds. The summed E-state index contributed by atoms with van der Waals surface area (Å²) in [6, 6.07) is 4.54. The van der Waals surface area contributed by atoms with Crippen LogP contribution in [0.2, 0.25) is 0 Å². The first-order valence-corrected chi connectivity index (χ1v) is 6.18. The molecule has 88 valence electrons. The average molecular weight is 244 g/mol. The maximum atomic E-state index is 10.7. The number of ether oxygens (including phenoxy) is 1. The average Bonchev–Trinajstić information content (AvgIpc) is 2.19. The van der Waals surface area contributed by atoms with Crippen molar-refractivity contribution in [1.29, 1.82) is 0 Å². The molecule has 1 aromatic carbocycles. The number of aromatic hydroxyl groups is 1. The predicted molar refractivity (Wildman–Crippen MR) is 60.2 cm³/mol. The minimum atomic E-state index is -3.38. The number of hydrazone groups is 1. The normalized spacial score (nSPS) is 11.6. The predicted octanol–water partition coefficient (Wildman–Crippen LogP) is 0.284. The molecule has 0 aromatic heterocycles. The minimum absolute atomic E-state index is 0.0140. The molecule has 2 N–H and O–H groups in total. The van der Waals surface area contributed by atoms with Crippen molar-refractivity contribution >= 4 is 16.2 Å². The smallest absolute Gasteiger partial charge is 0.244 e. The highest BCUT2D eigenvalue weighted by Gasteiger charge is 2.01. The molecule has 0 heterocycles. The second-order valence-electron chi connectivity index (χ2n) is 3.05. The van der Waals surface area contributed by atoms with Gasteiger partial charge in [0.1, 0.15) is 11.5 Å². The number of nitrogens with zero attached hydrogens (tertiary/aromatic N) is 1. The van der Waals surface area contributed by atoms with Gasteiger partial charge in [-0.25, -0.2) is 13.2 Å². The molecular formula is C9H12N2O4S. The van der Waals surface area contributed by atoms with Gasteiger partial charge in [0, 0.05) is 5.56 Å². The molecule has 1 aromatic rings. The van der Waals surface area contributed by atoms with Crippen LogP contribution in [0.3, 0.4) is 0 Å². The van der Waals surface area contributed by atoms with E-state index < -0.39 is 10.0 Å². The van der Waals surface area contributed by atoms with Gasteiger partial charge in [-0.2, -0.15) is 5.10 Å². The fraction of sp³-hybridized carbons (Fsp3) is 0.222. The summed E-state index contributed by atoms with van der Waals surface area (Å²) in [4.78, 5) is 1.92. The van der Waals surface area contributed by atoms with E-state index in [2.05, 4.69) is 5.10 Å². The first-order valence-electron chi connectivity index (χ1n) is 4.29. The molecule has 0 aliphatic heterocycles. The Kier molecular flexibility index (Phi) is 3.73. The molecule has 0 saturated heterocycles. The summed E-state index contributed by atoms with van der Waals surface area (Å²) in [5.41, 5.74) is 0.357. The van der Waals surface area contributed by atoms with Gasteiger partial charge in [0.25, 0.3) is 0 Å². The number of phenolic OH excluding ortho intramolecular Hbond substituents is 1. The monoisotopic (exact) mass is 244 g/mol. The fourth-order valence-corrected chi connectivity index (χ4v) is 1.20. The summed E-state index contributed by atoms with van der Waals surface area (Å²) in [5.74, 6) is 0.526. The highest BCUT2D eigenvalue weighted by molar-refractivity contribution is 7.88. The van der Waals surface area contributed by atoms with Gasteiger partial charge in [-0.3, -0.25) is 0 Å². The van der Waals surface area contributed by atoms with E-state index in [4.69, 9.17) is 4.74 Å².